The molecule has 90 valence electrons. The van der Waals surface area contributed by atoms with Gasteiger partial charge in [0.1, 0.15) is 0 Å². The van der Waals surface area contributed by atoms with Gasteiger partial charge in [-0.3, -0.25) is 4.79 Å². The number of carbonyl (C=O) groups is 1. The van der Waals surface area contributed by atoms with Crippen molar-refractivity contribution in [2.45, 2.75) is 58.2 Å². The van der Waals surface area contributed by atoms with Crippen molar-refractivity contribution in [1.29, 1.82) is 0 Å². The first-order chi connectivity index (χ1) is 7.66. The van der Waals surface area contributed by atoms with Gasteiger partial charge in [0.15, 0.2) is 6.23 Å². The molecule has 1 fully saturated rings. The van der Waals surface area contributed by atoms with E-state index in [9.17, 15) is 4.79 Å². The molecule has 0 aromatic carbocycles. The van der Waals surface area contributed by atoms with Crippen LogP contribution in [0.2, 0.25) is 0 Å². The lowest BCUT2D eigenvalue weighted by Crippen LogP contribution is -2.45. The summed E-state index contributed by atoms with van der Waals surface area (Å²) in [6, 6.07) is 0.388. The number of carbonyl (C=O) groups excluding carboxylic acids is 1. The van der Waals surface area contributed by atoms with Crippen molar-refractivity contribution >= 4 is 5.91 Å². The Morgan fingerprint density at radius 1 is 1.19 bits per heavy atom. The van der Waals surface area contributed by atoms with E-state index >= 15 is 0 Å². The van der Waals surface area contributed by atoms with Crippen LogP contribution in [0.3, 0.4) is 0 Å². The monoisotopic (exact) mass is 223 g/mol. The Bertz CT molecular complexity index is 316. The zero-order valence-electron chi connectivity index (χ0n) is 10.5. The predicted molar refractivity (Wildman–Crippen MR) is 62.9 cm³/mol. The summed E-state index contributed by atoms with van der Waals surface area (Å²) in [5.74, 6) is 0.177. The van der Waals surface area contributed by atoms with Gasteiger partial charge < -0.3 is 9.64 Å². The first-order valence-corrected chi connectivity index (χ1v) is 6.19. The van der Waals surface area contributed by atoms with E-state index in [2.05, 4.69) is 0 Å². The highest BCUT2D eigenvalue weighted by atomic mass is 16.5. The third-order valence-electron chi connectivity index (χ3n) is 3.96. The fourth-order valence-electron chi connectivity index (χ4n) is 2.87. The zero-order chi connectivity index (χ0) is 11.7. The van der Waals surface area contributed by atoms with E-state index in [0.29, 0.717) is 6.04 Å². The fourth-order valence-corrected chi connectivity index (χ4v) is 2.87. The largest absolute Gasteiger partial charge is 0.358 e. The van der Waals surface area contributed by atoms with Gasteiger partial charge >= 0.3 is 0 Å². The molecule has 0 spiro atoms. The van der Waals surface area contributed by atoms with Crippen molar-refractivity contribution in [1.82, 2.24) is 4.90 Å². The third-order valence-corrected chi connectivity index (χ3v) is 3.96. The molecule has 0 N–H and O–H groups in total. The molecule has 3 nitrogen and oxygen atoms in total. The molecule has 1 amide bonds. The van der Waals surface area contributed by atoms with Crippen LogP contribution in [0.1, 0.15) is 46.0 Å². The van der Waals surface area contributed by atoms with Gasteiger partial charge in [0, 0.05) is 18.7 Å². The van der Waals surface area contributed by atoms with E-state index in [1.807, 2.05) is 18.7 Å². The minimum atomic E-state index is -0.115. The summed E-state index contributed by atoms with van der Waals surface area (Å²) in [4.78, 5) is 14.1. The van der Waals surface area contributed by atoms with Crippen LogP contribution in [0.25, 0.3) is 0 Å². The van der Waals surface area contributed by atoms with Gasteiger partial charge in [-0.05, 0) is 32.3 Å². The van der Waals surface area contributed by atoms with E-state index < -0.39 is 0 Å². The van der Waals surface area contributed by atoms with Gasteiger partial charge in [-0.1, -0.05) is 19.3 Å². The standard InChI is InChI=1S/C13H21NO2/c1-9-10(2)13(16-3)14(12(9)15)11-7-5-4-6-8-11/h11,13H,4-8H2,1-3H3/t13-/m0/s1. The predicted octanol–water partition coefficient (Wildman–Crippen LogP) is 2.47. The van der Waals surface area contributed by atoms with Crippen molar-refractivity contribution in [2.24, 2.45) is 0 Å². The number of hydrogen-bond acceptors (Lipinski definition) is 2. The SMILES string of the molecule is CO[C@H]1C(C)=C(C)C(=O)N1C1CCCCC1. The van der Waals surface area contributed by atoms with E-state index in [1.54, 1.807) is 7.11 Å². The third kappa shape index (κ3) is 1.77. The second-order valence-corrected chi connectivity index (χ2v) is 4.90. The number of nitrogens with zero attached hydrogens (tertiary/aromatic N) is 1. The van der Waals surface area contributed by atoms with Gasteiger partial charge in [-0.15, -0.1) is 0 Å². The van der Waals surface area contributed by atoms with Crippen LogP contribution in [-0.4, -0.2) is 30.2 Å². The van der Waals surface area contributed by atoms with E-state index in [-0.39, 0.29) is 12.1 Å². The van der Waals surface area contributed by atoms with Crippen molar-refractivity contribution < 1.29 is 9.53 Å². The van der Waals surface area contributed by atoms with E-state index in [0.717, 1.165) is 24.0 Å². The number of hydrogen-bond donors (Lipinski definition) is 0. The van der Waals surface area contributed by atoms with E-state index in [4.69, 9.17) is 4.74 Å². The van der Waals surface area contributed by atoms with Crippen LogP contribution >= 0.6 is 0 Å². The van der Waals surface area contributed by atoms with Gasteiger partial charge in [-0.2, -0.15) is 0 Å². The average Bonchev–Trinajstić information content (AvgIpc) is 2.54. The maximum absolute atomic E-state index is 12.2. The number of amides is 1. The molecule has 1 aliphatic carbocycles. The van der Waals surface area contributed by atoms with Crippen molar-refractivity contribution in [2.75, 3.05) is 7.11 Å². The Balaban J connectivity index is 2.18. The Hall–Kier alpha value is -0.830. The molecule has 0 aromatic rings. The lowest BCUT2D eigenvalue weighted by molar-refractivity contribution is -0.138. The highest BCUT2D eigenvalue weighted by Gasteiger charge is 2.39. The first kappa shape index (κ1) is 11.6. The van der Waals surface area contributed by atoms with Gasteiger partial charge in [-0.25, -0.2) is 0 Å². The van der Waals surface area contributed by atoms with Crippen LogP contribution in [-0.2, 0) is 9.53 Å². The van der Waals surface area contributed by atoms with Crippen LogP contribution < -0.4 is 0 Å². The van der Waals surface area contributed by atoms with Crippen LogP contribution in [0.15, 0.2) is 11.1 Å². The van der Waals surface area contributed by atoms with Crippen LogP contribution in [0.5, 0.6) is 0 Å². The number of rotatable bonds is 2. The molecule has 2 aliphatic rings. The molecule has 1 saturated carbocycles. The minimum Gasteiger partial charge on any atom is -0.358 e. The average molecular weight is 223 g/mol. The molecule has 1 aliphatic heterocycles. The molecular formula is C13H21NO2. The first-order valence-electron chi connectivity index (χ1n) is 6.19. The normalized spacial score (nSPS) is 28.1. The molecule has 0 unspecified atom stereocenters. The highest BCUT2D eigenvalue weighted by Crippen LogP contribution is 2.33. The molecule has 0 saturated heterocycles. The summed E-state index contributed by atoms with van der Waals surface area (Å²) >= 11 is 0. The Morgan fingerprint density at radius 2 is 1.81 bits per heavy atom. The topological polar surface area (TPSA) is 29.5 Å². The smallest absolute Gasteiger partial charge is 0.252 e. The van der Waals surface area contributed by atoms with Gasteiger partial charge in [0.05, 0.1) is 0 Å². The summed E-state index contributed by atoms with van der Waals surface area (Å²) in [5, 5.41) is 0. The maximum atomic E-state index is 12.2. The Morgan fingerprint density at radius 3 is 2.38 bits per heavy atom. The molecular weight excluding hydrogens is 202 g/mol. The van der Waals surface area contributed by atoms with Crippen LogP contribution in [0.4, 0.5) is 0 Å². The van der Waals surface area contributed by atoms with Crippen LogP contribution in [0, 0.1) is 0 Å². The molecule has 16 heavy (non-hydrogen) atoms. The summed E-state index contributed by atoms with van der Waals surface area (Å²) in [5.41, 5.74) is 1.95. The molecule has 0 bridgehead atoms. The molecule has 0 aromatic heterocycles. The van der Waals surface area contributed by atoms with E-state index in [1.165, 1.54) is 19.3 Å². The van der Waals surface area contributed by atoms with Gasteiger partial charge in [0.2, 0.25) is 0 Å². The Kier molecular flexibility index (Phi) is 3.33. The van der Waals surface area contributed by atoms with Crippen molar-refractivity contribution in [3.05, 3.63) is 11.1 Å². The fraction of sp³-hybridized carbons (Fsp3) is 0.769. The molecule has 1 heterocycles. The lowest BCUT2D eigenvalue weighted by atomic mass is 9.94. The molecule has 0 radical (unpaired) electrons. The second-order valence-electron chi connectivity index (χ2n) is 4.90. The molecule has 1 atom stereocenters. The minimum absolute atomic E-state index is 0.115. The number of ether oxygens (including phenoxy) is 1. The van der Waals surface area contributed by atoms with Gasteiger partial charge in [0.25, 0.3) is 5.91 Å². The quantitative estimate of drug-likeness (QED) is 0.719. The summed E-state index contributed by atoms with van der Waals surface area (Å²) in [6.07, 6.45) is 5.93. The second kappa shape index (κ2) is 4.58. The number of methoxy groups -OCH3 is 1. The highest BCUT2D eigenvalue weighted by molar-refractivity contribution is 5.97. The summed E-state index contributed by atoms with van der Waals surface area (Å²) in [6.45, 7) is 3.91. The summed E-state index contributed by atoms with van der Waals surface area (Å²) < 4.78 is 5.48. The maximum Gasteiger partial charge on any atom is 0.252 e. The molecule has 2 rings (SSSR count). The van der Waals surface area contributed by atoms with Crippen molar-refractivity contribution in [3.63, 3.8) is 0 Å². The Labute approximate surface area is 97.5 Å². The lowest BCUT2D eigenvalue weighted by Gasteiger charge is -2.35. The molecule has 3 heteroatoms. The summed E-state index contributed by atoms with van der Waals surface area (Å²) in [7, 11) is 1.69. The van der Waals surface area contributed by atoms with Crippen molar-refractivity contribution in [3.8, 4) is 0 Å². The zero-order valence-corrected chi connectivity index (χ0v) is 10.5.